The third-order valence-corrected chi connectivity index (χ3v) is 4.67. The van der Waals surface area contributed by atoms with Crippen molar-refractivity contribution in [2.24, 2.45) is 0 Å². The first-order valence-electron chi connectivity index (χ1n) is 8.65. The lowest BCUT2D eigenvalue weighted by Gasteiger charge is -2.11. The Kier molecular flexibility index (Phi) is 6.26. The molecule has 1 atom stereocenters. The van der Waals surface area contributed by atoms with E-state index in [4.69, 9.17) is 16.3 Å². The molecule has 6 heteroatoms. The molecule has 0 aromatic heterocycles. The summed E-state index contributed by atoms with van der Waals surface area (Å²) < 4.78 is 5.50. The monoisotopic (exact) mass is 372 g/mol. The minimum Gasteiger partial charge on any atom is -0.376 e. The molecule has 0 spiro atoms. The van der Waals surface area contributed by atoms with Crippen LogP contribution in [0.3, 0.4) is 0 Å². The van der Waals surface area contributed by atoms with Crippen LogP contribution in [-0.4, -0.2) is 31.1 Å². The number of hydrogen-bond donors (Lipinski definition) is 2. The Balaban J connectivity index is 1.58. The van der Waals surface area contributed by atoms with Crippen LogP contribution >= 0.6 is 11.6 Å². The van der Waals surface area contributed by atoms with Crippen LogP contribution < -0.4 is 10.6 Å². The second-order valence-corrected chi connectivity index (χ2v) is 6.61. The summed E-state index contributed by atoms with van der Waals surface area (Å²) in [7, 11) is 0. The molecular weight excluding hydrogens is 352 g/mol. The van der Waals surface area contributed by atoms with Crippen molar-refractivity contribution in [3.05, 3.63) is 70.2 Å². The molecule has 2 aromatic rings. The fourth-order valence-corrected chi connectivity index (χ4v) is 3.04. The summed E-state index contributed by atoms with van der Waals surface area (Å²) in [5.74, 6) is -0.458. The van der Waals surface area contributed by atoms with E-state index >= 15 is 0 Å². The van der Waals surface area contributed by atoms with Crippen molar-refractivity contribution in [2.45, 2.75) is 25.5 Å². The molecule has 1 fully saturated rings. The van der Waals surface area contributed by atoms with Crippen molar-refractivity contribution in [3.8, 4) is 0 Å². The van der Waals surface area contributed by atoms with Crippen LogP contribution in [0, 0.1) is 0 Å². The number of halogens is 1. The summed E-state index contributed by atoms with van der Waals surface area (Å²) in [4.78, 5) is 24.6. The Morgan fingerprint density at radius 3 is 2.46 bits per heavy atom. The predicted molar refractivity (Wildman–Crippen MR) is 100 cm³/mol. The highest BCUT2D eigenvalue weighted by atomic mass is 35.5. The van der Waals surface area contributed by atoms with Crippen LogP contribution in [-0.2, 0) is 11.3 Å². The summed E-state index contributed by atoms with van der Waals surface area (Å²) in [6.07, 6.45) is 2.08. The van der Waals surface area contributed by atoms with Crippen LogP contribution in [0.5, 0.6) is 0 Å². The fourth-order valence-electron chi connectivity index (χ4n) is 2.83. The van der Waals surface area contributed by atoms with Crippen LogP contribution in [0.15, 0.2) is 48.5 Å². The van der Waals surface area contributed by atoms with Gasteiger partial charge < -0.3 is 15.4 Å². The molecule has 0 radical (unpaired) electrons. The molecule has 26 heavy (non-hydrogen) atoms. The zero-order valence-corrected chi connectivity index (χ0v) is 15.1. The number of ether oxygens (including phenoxy) is 1. The molecule has 136 valence electrons. The van der Waals surface area contributed by atoms with Gasteiger partial charge in [-0.2, -0.15) is 0 Å². The quantitative estimate of drug-likeness (QED) is 0.818. The lowest BCUT2D eigenvalue weighted by atomic mass is 10.1. The Morgan fingerprint density at radius 2 is 1.77 bits per heavy atom. The molecule has 0 saturated carbocycles. The van der Waals surface area contributed by atoms with Gasteiger partial charge in [-0.15, -0.1) is 0 Å². The van der Waals surface area contributed by atoms with Gasteiger partial charge in [0.2, 0.25) is 0 Å². The molecule has 2 N–H and O–H groups in total. The van der Waals surface area contributed by atoms with Gasteiger partial charge >= 0.3 is 0 Å². The van der Waals surface area contributed by atoms with E-state index in [1.165, 1.54) is 0 Å². The minimum atomic E-state index is -0.251. The van der Waals surface area contributed by atoms with Crippen LogP contribution in [0.4, 0.5) is 0 Å². The third kappa shape index (κ3) is 4.84. The molecule has 1 unspecified atom stereocenters. The van der Waals surface area contributed by atoms with E-state index in [1.54, 1.807) is 30.3 Å². The van der Waals surface area contributed by atoms with Gasteiger partial charge in [-0.25, -0.2) is 0 Å². The third-order valence-electron chi connectivity index (χ3n) is 4.30. The van der Waals surface area contributed by atoms with Crippen molar-refractivity contribution in [2.75, 3.05) is 13.2 Å². The van der Waals surface area contributed by atoms with E-state index in [0.717, 1.165) is 25.0 Å². The average molecular weight is 373 g/mol. The first-order valence-corrected chi connectivity index (χ1v) is 9.03. The smallest absolute Gasteiger partial charge is 0.251 e. The maximum Gasteiger partial charge on any atom is 0.251 e. The fraction of sp³-hybridized carbons (Fsp3) is 0.300. The highest BCUT2D eigenvalue weighted by molar-refractivity contribution is 6.31. The SMILES string of the molecule is O=C(NCc1ccccc1Cl)c1cccc(C(=O)NCC2CCCO2)c1. The summed E-state index contributed by atoms with van der Waals surface area (Å²) >= 11 is 6.09. The van der Waals surface area contributed by atoms with Crippen molar-refractivity contribution < 1.29 is 14.3 Å². The molecule has 3 rings (SSSR count). The highest BCUT2D eigenvalue weighted by Gasteiger charge is 2.17. The number of hydrogen-bond acceptors (Lipinski definition) is 3. The van der Waals surface area contributed by atoms with E-state index in [2.05, 4.69) is 10.6 Å². The topological polar surface area (TPSA) is 67.4 Å². The van der Waals surface area contributed by atoms with E-state index < -0.39 is 0 Å². The maximum absolute atomic E-state index is 12.4. The number of benzene rings is 2. The Bertz CT molecular complexity index is 788. The summed E-state index contributed by atoms with van der Waals surface area (Å²) in [6.45, 7) is 1.57. The molecular formula is C20H21ClN2O3. The van der Waals surface area contributed by atoms with Gasteiger partial charge in [0.05, 0.1) is 6.10 Å². The number of carbonyl (C=O) groups is 2. The van der Waals surface area contributed by atoms with Gasteiger partial charge in [0.1, 0.15) is 0 Å². The molecule has 2 aromatic carbocycles. The zero-order chi connectivity index (χ0) is 18.4. The standard InChI is InChI=1S/C20H21ClN2O3/c21-18-9-2-1-5-16(18)12-22-19(24)14-6-3-7-15(11-14)20(25)23-13-17-8-4-10-26-17/h1-3,5-7,9,11,17H,4,8,10,12-13H2,(H,22,24)(H,23,25). The molecule has 1 aliphatic heterocycles. The van der Waals surface area contributed by atoms with Gasteiger partial charge in [-0.1, -0.05) is 35.9 Å². The Hall–Kier alpha value is -2.37. The Labute approximate surface area is 157 Å². The van der Waals surface area contributed by atoms with Crippen molar-refractivity contribution in [1.29, 1.82) is 0 Å². The van der Waals surface area contributed by atoms with Gasteiger partial charge in [0.15, 0.2) is 0 Å². The number of amides is 2. The second kappa shape index (κ2) is 8.83. The van der Waals surface area contributed by atoms with E-state index in [9.17, 15) is 9.59 Å². The maximum atomic E-state index is 12.4. The molecule has 1 saturated heterocycles. The molecule has 1 aliphatic rings. The predicted octanol–water partition coefficient (Wildman–Crippen LogP) is 3.18. The van der Waals surface area contributed by atoms with Crippen molar-refractivity contribution in [3.63, 3.8) is 0 Å². The normalized spacial score (nSPS) is 16.3. The van der Waals surface area contributed by atoms with E-state index in [1.807, 2.05) is 18.2 Å². The highest BCUT2D eigenvalue weighted by Crippen LogP contribution is 2.15. The lowest BCUT2D eigenvalue weighted by Crippen LogP contribution is -2.32. The van der Waals surface area contributed by atoms with Crippen LogP contribution in [0.2, 0.25) is 5.02 Å². The molecule has 5 nitrogen and oxygen atoms in total. The van der Waals surface area contributed by atoms with Gasteiger partial charge in [0.25, 0.3) is 11.8 Å². The summed E-state index contributed by atoms with van der Waals surface area (Å²) in [6, 6.07) is 14.0. The van der Waals surface area contributed by atoms with Crippen LogP contribution in [0.1, 0.15) is 39.1 Å². The van der Waals surface area contributed by atoms with E-state index in [-0.39, 0.29) is 17.9 Å². The molecule has 2 amide bonds. The first kappa shape index (κ1) is 18.4. The van der Waals surface area contributed by atoms with Crippen molar-refractivity contribution >= 4 is 23.4 Å². The van der Waals surface area contributed by atoms with E-state index in [0.29, 0.717) is 29.2 Å². The average Bonchev–Trinajstić information content (AvgIpc) is 3.19. The number of rotatable bonds is 6. The van der Waals surface area contributed by atoms with Gasteiger partial charge in [-0.05, 0) is 42.7 Å². The number of carbonyl (C=O) groups excluding carboxylic acids is 2. The second-order valence-electron chi connectivity index (χ2n) is 6.20. The zero-order valence-electron chi connectivity index (χ0n) is 14.3. The lowest BCUT2D eigenvalue weighted by molar-refractivity contribution is 0.0857. The minimum absolute atomic E-state index is 0.0843. The summed E-state index contributed by atoms with van der Waals surface area (Å²) in [5, 5.41) is 6.29. The van der Waals surface area contributed by atoms with Crippen LogP contribution in [0.25, 0.3) is 0 Å². The van der Waals surface area contributed by atoms with Gasteiger partial charge in [0, 0.05) is 35.8 Å². The molecule has 1 heterocycles. The summed E-state index contributed by atoms with van der Waals surface area (Å²) in [5.41, 5.74) is 1.73. The molecule has 0 bridgehead atoms. The van der Waals surface area contributed by atoms with Crippen molar-refractivity contribution in [1.82, 2.24) is 10.6 Å². The molecule has 0 aliphatic carbocycles. The Morgan fingerprint density at radius 1 is 1.04 bits per heavy atom. The first-order chi connectivity index (χ1) is 12.6. The largest absolute Gasteiger partial charge is 0.376 e. The number of nitrogens with one attached hydrogen (secondary N) is 2. The van der Waals surface area contributed by atoms with Gasteiger partial charge in [-0.3, -0.25) is 9.59 Å².